The van der Waals surface area contributed by atoms with Gasteiger partial charge in [0, 0.05) is 12.3 Å². The van der Waals surface area contributed by atoms with E-state index in [1.165, 1.54) is 0 Å². The summed E-state index contributed by atoms with van der Waals surface area (Å²) in [4.78, 5) is 11.4. The monoisotopic (exact) mass is 250 g/mol. The number of carbonyl (C=O) groups excluding carboxylic acids is 1. The molecule has 0 saturated heterocycles. The number of hydrogen-bond acceptors (Lipinski definition) is 4. The van der Waals surface area contributed by atoms with Gasteiger partial charge in [0.2, 0.25) is 5.91 Å². The lowest BCUT2D eigenvalue weighted by molar-refractivity contribution is -0.122. The molecule has 0 aromatic heterocycles. The molecule has 1 amide bonds. The van der Waals surface area contributed by atoms with Crippen LogP contribution in [0.3, 0.4) is 0 Å². The minimum atomic E-state index is -3.02. The molecular formula is C10H22N2O3S. The van der Waals surface area contributed by atoms with Gasteiger partial charge in [-0.2, -0.15) is 0 Å². The summed E-state index contributed by atoms with van der Waals surface area (Å²) in [5.74, 6) is 0.144. The van der Waals surface area contributed by atoms with Crippen molar-refractivity contribution in [2.75, 3.05) is 18.1 Å². The van der Waals surface area contributed by atoms with E-state index in [9.17, 15) is 13.2 Å². The second-order valence-electron chi connectivity index (χ2n) is 4.26. The molecule has 3 N–H and O–H groups in total. The van der Waals surface area contributed by atoms with Crippen molar-refractivity contribution in [3.63, 3.8) is 0 Å². The van der Waals surface area contributed by atoms with Crippen molar-refractivity contribution >= 4 is 15.7 Å². The molecule has 0 spiro atoms. The predicted octanol–water partition coefficient (Wildman–Crippen LogP) is -0.0893. The van der Waals surface area contributed by atoms with Crippen LogP contribution in [0.4, 0.5) is 0 Å². The van der Waals surface area contributed by atoms with Gasteiger partial charge in [-0.05, 0) is 12.3 Å². The van der Waals surface area contributed by atoms with Crippen LogP contribution < -0.4 is 11.1 Å². The quantitative estimate of drug-likeness (QED) is 0.661. The Balaban J connectivity index is 3.90. The van der Waals surface area contributed by atoms with E-state index in [2.05, 4.69) is 5.32 Å². The predicted molar refractivity (Wildman–Crippen MR) is 64.8 cm³/mol. The number of nitrogens with two attached hydrogens (primary N) is 1. The largest absolute Gasteiger partial charge is 0.354 e. The Hall–Kier alpha value is -0.620. The molecule has 5 nitrogen and oxygen atoms in total. The average molecular weight is 250 g/mol. The maximum atomic E-state index is 11.4. The SMILES string of the molecule is CCS(=O)(=O)CCNC(=O)[C@H](N)CC(C)C. The molecule has 0 rings (SSSR count). The van der Waals surface area contributed by atoms with Crippen molar-refractivity contribution in [3.05, 3.63) is 0 Å². The van der Waals surface area contributed by atoms with E-state index in [0.29, 0.717) is 12.3 Å². The van der Waals surface area contributed by atoms with Gasteiger partial charge >= 0.3 is 0 Å². The van der Waals surface area contributed by atoms with Crippen LogP contribution in [0, 0.1) is 5.92 Å². The van der Waals surface area contributed by atoms with Crippen LogP contribution >= 0.6 is 0 Å². The van der Waals surface area contributed by atoms with Crippen LogP contribution in [0.15, 0.2) is 0 Å². The maximum Gasteiger partial charge on any atom is 0.236 e. The second kappa shape index (κ2) is 6.85. The van der Waals surface area contributed by atoms with Crippen molar-refractivity contribution in [2.45, 2.75) is 33.2 Å². The fraction of sp³-hybridized carbons (Fsp3) is 0.900. The molecule has 0 aliphatic carbocycles. The minimum absolute atomic E-state index is 0.0242. The van der Waals surface area contributed by atoms with E-state index < -0.39 is 15.9 Å². The second-order valence-corrected chi connectivity index (χ2v) is 6.74. The molecule has 0 aliphatic heterocycles. The van der Waals surface area contributed by atoms with Gasteiger partial charge in [-0.3, -0.25) is 4.79 Å². The van der Waals surface area contributed by atoms with Crippen molar-refractivity contribution in [2.24, 2.45) is 11.7 Å². The van der Waals surface area contributed by atoms with Gasteiger partial charge in [0.15, 0.2) is 9.84 Å². The Morgan fingerprint density at radius 2 is 1.94 bits per heavy atom. The average Bonchev–Trinajstić information content (AvgIpc) is 2.16. The first kappa shape index (κ1) is 15.4. The standard InChI is InChI=1S/C10H22N2O3S/c1-4-16(14,15)6-5-12-10(13)9(11)7-8(2)3/h8-9H,4-7,11H2,1-3H3,(H,12,13)/t9-/m1/s1. The zero-order valence-electron chi connectivity index (χ0n) is 10.2. The fourth-order valence-corrected chi connectivity index (χ4v) is 1.92. The van der Waals surface area contributed by atoms with Crippen LogP contribution in [-0.4, -0.2) is 38.4 Å². The lowest BCUT2D eigenvalue weighted by Gasteiger charge is -2.13. The third-order valence-corrected chi connectivity index (χ3v) is 3.92. The normalized spacial score (nSPS) is 13.8. The number of hydrogen-bond donors (Lipinski definition) is 2. The van der Waals surface area contributed by atoms with Gasteiger partial charge in [0.25, 0.3) is 0 Å². The Labute approximate surface area is 97.7 Å². The third kappa shape index (κ3) is 6.79. The van der Waals surface area contributed by atoms with E-state index in [1.54, 1.807) is 6.92 Å². The molecule has 0 aromatic rings. The number of carbonyl (C=O) groups is 1. The summed E-state index contributed by atoms with van der Waals surface area (Å²) in [6.45, 7) is 5.69. The van der Waals surface area contributed by atoms with Gasteiger partial charge in [0.05, 0.1) is 11.8 Å². The summed E-state index contributed by atoms with van der Waals surface area (Å²) in [6, 6.07) is -0.552. The molecule has 0 radical (unpaired) electrons. The molecule has 0 aliphatic rings. The number of nitrogens with one attached hydrogen (secondary N) is 1. The Morgan fingerprint density at radius 3 is 2.38 bits per heavy atom. The summed E-state index contributed by atoms with van der Waals surface area (Å²) < 4.78 is 22.3. The molecule has 6 heteroatoms. The van der Waals surface area contributed by atoms with Gasteiger partial charge in [-0.15, -0.1) is 0 Å². The molecule has 0 bridgehead atoms. The Bertz CT molecular complexity index is 312. The lowest BCUT2D eigenvalue weighted by Crippen LogP contribution is -2.43. The van der Waals surface area contributed by atoms with Crippen LogP contribution in [0.5, 0.6) is 0 Å². The van der Waals surface area contributed by atoms with Crippen molar-refractivity contribution < 1.29 is 13.2 Å². The topological polar surface area (TPSA) is 89.3 Å². The highest BCUT2D eigenvalue weighted by Gasteiger charge is 2.15. The molecule has 1 atom stereocenters. The van der Waals surface area contributed by atoms with E-state index in [1.807, 2.05) is 13.8 Å². The van der Waals surface area contributed by atoms with Crippen molar-refractivity contribution in [1.29, 1.82) is 0 Å². The third-order valence-electron chi connectivity index (χ3n) is 2.21. The summed E-state index contributed by atoms with van der Waals surface area (Å²) in [5.41, 5.74) is 5.64. The number of sulfone groups is 1. The molecule has 0 fully saturated rings. The van der Waals surface area contributed by atoms with E-state index >= 15 is 0 Å². The van der Waals surface area contributed by atoms with Gasteiger partial charge in [-0.25, -0.2) is 8.42 Å². The first-order valence-corrected chi connectivity index (χ1v) is 7.34. The van der Waals surface area contributed by atoms with Gasteiger partial charge in [-0.1, -0.05) is 20.8 Å². The van der Waals surface area contributed by atoms with E-state index in [4.69, 9.17) is 5.73 Å². The maximum absolute atomic E-state index is 11.4. The highest BCUT2D eigenvalue weighted by molar-refractivity contribution is 7.91. The fourth-order valence-electron chi connectivity index (χ4n) is 1.22. The van der Waals surface area contributed by atoms with E-state index in [-0.39, 0.29) is 24.0 Å². The van der Waals surface area contributed by atoms with Crippen LogP contribution in [0.2, 0.25) is 0 Å². The molecule has 16 heavy (non-hydrogen) atoms. The van der Waals surface area contributed by atoms with Gasteiger partial charge in [0.1, 0.15) is 0 Å². The zero-order valence-corrected chi connectivity index (χ0v) is 11.0. The molecule has 0 aromatic carbocycles. The highest BCUT2D eigenvalue weighted by atomic mass is 32.2. The number of rotatable bonds is 7. The summed E-state index contributed by atoms with van der Waals surface area (Å²) in [6.07, 6.45) is 0.604. The van der Waals surface area contributed by atoms with Crippen molar-refractivity contribution in [3.8, 4) is 0 Å². The highest BCUT2D eigenvalue weighted by Crippen LogP contribution is 2.02. The Kier molecular flexibility index (Phi) is 6.59. The summed E-state index contributed by atoms with van der Waals surface area (Å²) in [5, 5.41) is 2.54. The van der Waals surface area contributed by atoms with Crippen LogP contribution in [0.25, 0.3) is 0 Å². The molecule has 0 saturated carbocycles. The number of amides is 1. The zero-order chi connectivity index (χ0) is 12.8. The smallest absolute Gasteiger partial charge is 0.236 e. The molecule has 0 heterocycles. The summed E-state index contributed by atoms with van der Waals surface area (Å²) in [7, 11) is -3.02. The van der Waals surface area contributed by atoms with E-state index in [0.717, 1.165) is 0 Å². The first-order chi connectivity index (χ1) is 7.28. The lowest BCUT2D eigenvalue weighted by atomic mass is 10.0. The van der Waals surface area contributed by atoms with Gasteiger partial charge < -0.3 is 11.1 Å². The minimum Gasteiger partial charge on any atom is -0.354 e. The summed E-state index contributed by atoms with van der Waals surface area (Å²) >= 11 is 0. The first-order valence-electron chi connectivity index (χ1n) is 5.52. The van der Waals surface area contributed by atoms with Crippen LogP contribution in [-0.2, 0) is 14.6 Å². The molecule has 96 valence electrons. The Morgan fingerprint density at radius 1 is 1.38 bits per heavy atom. The van der Waals surface area contributed by atoms with Crippen LogP contribution in [0.1, 0.15) is 27.2 Å². The molecular weight excluding hydrogens is 228 g/mol. The van der Waals surface area contributed by atoms with Crippen molar-refractivity contribution in [1.82, 2.24) is 5.32 Å². The molecule has 0 unspecified atom stereocenters.